The highest BCUT2D eigenvalue weighted by Crippen LogP contribution is 2.22. The zero-order valence-corrected chi connectivity index (χ0v) is 26.6. The Hall–Kier alpha value is -2.80. The fourth-order valence-corrected chi connectivity index (χ4v) is 5.86. The van der Waals surface area contributed by atoms with E-state index in [1.165, 1.54) is 16.6 Å². The summed E-state index contributed by atoms with van der Waals surface area (Å²) in [6.45, 7) is 11.8. The summed E-state index contributed by atoms with van der Waals surface area (Å²) < 4.78 is 7.34. The number of aromatic nitrogens is 3. The van der Waals surface area contributed by atoms with Crippen LogP contribution in [0.1, 0.15) is 62.4 Å². The number of anilines is 1. The molecule has 0 aliphatic carbocycles. The van der Waals surface area contributed by atoms with Crippen molar-refractivity contribution in [2.24, 2.45) is 0 Å². The molecule has 1 saturated heterocycles. The molecule has 214 valence electrons. The highest BCUT2D eigenvalue weighted by molar-refractivity contribution is 14.1. The van der Waals surface area contributed by atoms with Crippen molar-refractivity contribution >= 4 is 63.3 Å². The van der Waals surface area contributed by atoms with Crippen LogP contribution in [-0.4, -0.2) is 67.4 Å². The van der Waals surface area contributed by atoms with E-state index in [0.717, 1.165) is 29.1 Å². The normalized spacial score (nSPS) is 14.5. The number of amides is 1. The number of carbonyl (C=O) groups excluding carboxylic acids is 2. The van der Waals surface area contributed by atoms with Crippen molar-refractivity contribution in [3.8, 4) is 0 Å². The first-order chi connectivity index (χ1) is 18.9. The summed E-state index contributed by atoms with van der Waals surface area (Å²) in [5.41, 5.74) is 2.12. The van der Waals surface area contributed by atoms with Crippen molar-refractivity contribution in [1.29, 1.82) is 0 Å². The number of fused-ring (bicyclic) bond motifs is 1. The van der Waals surface area contributed by atoms with Crippen LogP contribution < -0.4 is 10.5 Å². The van der Waals surface area contributed by atoms with Gasteiger partial charge in [0.15, 0.2) is 0 Å². The van der Waals surface area contributed by atoms with Crippen molar-refractivity contribution in [1.82, 2.24) is 19.3 Å². The van der Waals surface area contributed by atoms with Gasteiger partial charge in [-0.05, 0) is 56.9 Å². The van der Waals surface area contributed by atoms with Crippen molar-refractivity contribution in [2.75, 3.05) is 35.5 Å². The Morgan fingerprint density at radius 2 is 1.88 bits per heavy atom. The third kappa shape index (κ3) is 7.48. The number of ether oxygens (including phenoxy) is 1. The fraction of sp³-hybridized carbons (Fsp3) is 0.483. The number of rotatable bonds is 8. The van der Waals surface area contributed by atoms with Gasteiger partial charge in [0.05, 0.1) is 20.7 Å². The van der Waals surface area contributed by atoms with E-state index >= 15 is 0 Å². The summed E-state index contributed by atoms with van der Waals surface area (Å²) in [5.74, 6) is 0.478. The van der Waals surface area contributed by atoms with Crippen molar-refractivity contribution in [3.63, 3.8) is 0 Å². The van der Waals surface area contributed by atoms with E-state index < -0.39 is 11.6 Å². The van der Waals surface area contributed by atoms with Crippen molar-refractivity contribution in [3.05, 3.63) is 62.0 Å². The molecule has 0 atom stereocenters. The van der Waals surface area contributed by atoms with Gasteiger partial charge in [0.25, 0.3) is 5.56 Å². The Morgan fingerprint density at radius 1 is 1.15 bits per heavy atom. The Kier molecular flexibility index (Phi) is 9.65. The number of esters is 1. The smallest absolute Gasteiger partial charge is 0.331 e. The molecule has 0 aromatic carbocycles. The largest absolute Gasteiger partial charge is 0.457 e. The lowest BCUT2D eigenvalue weighted by atomic mass is 10.1. The van der Waals surface area contributed by atoms with Crippen LogP contribution in [0, 0.1) is 0 Å². The monoisotopic (exact) mass is 677 g/mol. The summed E-state index contributed by atoms with van der Waals surface area (Å²) in [6.07, 6.45) is 6.12. The Balaban J connectivity index is 1.66. The Morgan fingerprint density at radius 3 is 2.50 bits per heavy atom. The van der Waals surface area contributed by atoms with Gasteiger partial charge < -0.3 is 14.5 Å². The predicted octanol–water partition coefficient (Wildman–Crippen LogP) is 4.50. The van der Waals surface area contributed by atoms with Crippen LogP contribution in [0.4, 0.5) is 5.82 Å². The van der Waals surface area contributed by atoms with Gasteiger partial charge in [-0.1, -0.05) is 36.4 Å². The molecule has 1 aliphatic rings. The molecule has 0 radical (unpaired) electrons. The molecule has 1 amide bonds. The number of alkyl halides is 1. The number of aryl methyl sites for hydroxylation is 2. The molecule has 3 aromatic rings. The number of pyridine rings is 1. The maximum absolute atomic E-state index is 13.7. The van der Waals surface area contributed by atoms with Gasteiger partial charge in [-0.2, -0.15) is 0 Å². The number of hydrogen-bond acceptors (Lipinski definition) is 8. The Labute approximate surface area is 252 Å². The van der Waals surface area contributed by atoms with Crippen molar-refractivity contribution < 1.29 is 14.3 Å². The molecule has 40 heavy (non-hydrogen) atoms. The van der Waals surface area contributed by atoms with Crippen LogP contribution >= 0.6 is 33.9 Å². The molecule has 0 spiro atoms. The fourth-order valence-electron chi connectivity index (χ4n) is 4.42. The van der Waals surface area contributed by atoms with E-state index in [1.54, 1.807) is 38.3 Å². The number of thiazole rings is 1. The molecular formula is C29H36IN5O4S. The second-order valence-corrected chi connectivity index (χ2v) is 12.8. The van der Waals surface area contributed by atoms with Crippen LogP contribution in [-0.2, 0) is 27.2 Å². The lowest BCUT2D eigenvalue weighted by Crippen LogP contribution is -2.50. The van der Waals surface area contributed by atoms with Gasteiger partial charge in [-0.15, -0.1) is 11.3 Å². The number of nitrogens with zero attached hydrogens (tertiary/aromatic N) is 5. The maximum Gasteiger partial charge on any atom is 0.331 e. The molecule has 4 rings (SSSR count). The Bertz CT molecular complexity index is 1470. The number of piperazine rings is 1. The van der Waals surface area contributed by atoms with E-state index in [0.29, 0.717) is 53.6 Å². The molecule has 11 heteroatoms. The highest BCUT2D eigenvalue weighted by Gasteiger charge is 2.25. The average molecular weight is 678 g/mol. The van der Waals surface area contributed by atoms with Crippen LogP contribution in [0.5, 0.6) is 0 Å². The molecule has 1 aliphatic heterocycles. The minimum absolute atomic E-state index is 0.0993. The molecule has 9 nitrogen and oxygen atoms in total. The topological polar surface area (TPSA) is 97.1 Å². The van der Waals surface area contributed by atoms with Crippen LogP contribution in [0.15, 0.2) is 34.6 Å². The highest BCUT2D eigenvalue weighted by atomic mass is 127. The molecule has 3 aromatic heterocycles. The van der Waals surface area contributed by atoms with E-state index in [9.17, 15) is 14.4 Å². The number of halogens is 1. The minimum Gasteiger partial charge on any atom is -0.457 e. The molecule has 0 bridgehead atoms. The summed E-state index contributed by atoms with van der Waals surface area (Å²) in [6, 6.07) is 3.88. The third-order valence-electron chi connectivity index (χ3n) is 6.54. The lowest BCUT2D eigenvalue weighted by Gasteiger charge is -2.35. The zero-order valence-electron chi connectivity index (χ0n) is 23.6. The molecule has 0 N–H and O–H groups in total. The van der Waals surface area contributed by atoms with E-state index in [2.05, 4.69) is 41.8 Å². The van der Waals surface area contributed by atoms with Gasteiger partial charge in [0.2, 0.25) is 5.91 Å². The van der Waals surface area contributed by atoms with E-state index in [1.807, 2.05) is 21.9 Å². The van der Waals surface area contributed by atoms with Crippen LogP contribution in [0.2, 0.25) is 0 Å². The lowest BCUT2D eigenvalue weighted by molar-refractivity contribution is -0.148. The molecule has 0 unspecified atom stereocenters. The van der Waals surface area contributed by atoms with Gasteiger partial charge in [-0.25, -0.2) is 14.8 Å². The summed E-state index contributed by atoms with van der Waals surface area (Å²) in [7, 11) is 0. The van der Waals surface area contributed by atoms with E-state index in [-0.39, 0.29) is 11.5 Å². The zero-order chi connectivity index (χ0) is 29.0. The van der Waals surface area contributed by atoms with Gasteiger partial charge >= 0.3 is 5.97 Å². The summed E-state index contributed by atoms with van der Waals surface area (Å²) in [5, 5.41) is 3.21. The first kappa shape index (κ1) is 30.2. The van der Waals surface area contributed by atoms with Gasteiger partial charge in [0, 0.05) is 50.3 Å². The first-order valence-electron chi connectivity index (χ1n) is 13.4. The first-order valence-corrected chi connectivity index (χ1v) is 15.8. The SMILES string of the molecule is CC(C)c1csc(CCc2ccn3c(=O)c(/C=C/C(=O)OC(C)(C)C)c(N4CCN(C(=O)CI)CC4)nc3c2)n1. The van der Waals surface area contributed by atoms with Gasteiger partial charge in [0.1, 0.15) is 17.1 Å². The predicted molar refractivity (Wildman–Crippen MR) is 168 cm³/mol. The van der Waals surface area contributed by atoms with Gasteiger partial charge in [-0.3, -0.25) is 14.0 Å². The minimum atomic E-state index is -0.645. The average Bonchev–Trinajstić information content (AvgIpc) is 3.39. The van der Waals surface area contributed by atoms with Crippen molar-refractivity contribution in [2.45, 2.75) is 59.0 Å². The third-order valence-corrected chi connectivity index (χ3v) is 8.12. The summed E-state index contributed by atoms with van der Waals surface area (Å²) in [4.78, 5) is 51.8. The second kappa shape index (κ2) is 12.8. The molecular weight excluding hydrogens is 641 g/mol. The van der Waals surface area contributed by atoms with E-state index in [4.69, 9.17) is 14.7 Å². The maximum atomic E-state index is 13.7. The second-order valence-electron chi connectivity index (χ2n) is 11.1. The summed E-state index contributed by atoms with van der Waals surface area (Å²) >= 11 is 3.76. The molecule has 0 saturated carbocycles. The molecule has 1 fully saturated rings. The quantitative estimate of drug-likeness (QED) is 0.150. The van der Waals surface area contributed by atoms with Crippen LogP contribution in [0.3, 0.4) is 0 Å². The number of hydrogen-bond donors (Lipinski definition) is 0. The van der Waals surface area contributed by atoms with Crippen LogP contribution in [0.25, 0.3) is 11.7 Å². The standard InChI is InChI=1S/C29H36IN5O4S/c1-19(2)22-18-40-24(31-22)8-6-20-10-11-35-23(16-20)32-27(34-14-12-33(13-15-34)25(36)17-30)21(28(35)38)7-9-26(37)39-29(3,4)5/h7,9-11,16,18-19H,6,8,12-15,17H2,1-5H3/b9-7+. The molecule has 4 heterocycles. The number of carbonyl (C=O) groups is 2.